The normalized spacial score (nSPS) is 15.1. The predicted molar refractivity (Wildman–Crippen MR) is 62.4 cm³/mol. The molecular formula is C12H25NO. The van der Waals surface area contributed by atoms with Gasteiger partial charge in [-0.3, -0.25) is 0 Å². The largest absolute Gasteiger partial charge is 0.396 e. The van der Waals surface area contributed by atoms with Crippen LogP contribution in [0.1, 0.15) is 39.5 Å². The van der Waals surface area contributed by atoms with E-state index in [0.717, 1.165) is 25.8 Å². The van der Waals surface area contributed by atoms with E-state index < -0.39 is 0 Å². The van der Waals surface area contributed by atoms with Crippen LogP contribution in [0, 0.1) is 5.92 Å². The predicted octanol–water partition coefficient (Wildman–Crippen LogP) is 2.34. The number of allylic oxidation sites excluding steroid dienone is 1. The van der Waals surface area contributed by atoms with Crippen molar-refractivity contribution in [1.29, 1.82) is 0 Å². The molecule has 0 aliphatic carbocycles. The van der Waals surface area contributed by atoms with E-state index >= 15 is 0 Å². The molecule has 0 rings (SSSR count). The summed E-state index contributed by atoms with van der Waals surface area (Å²) in [7, 11) is 0. The fourth-order valence-corrected chi connectivity index (χ4v) is 1.36. The minimum Gasteiger partial charge on any atom is -0.396 e. The molecule has 2 unspecified atom stereocenters. The Bertz CT molecular complexity index is 136. The molecule has 0 fully saturated rings. The number of hydrogen-bond donors (Lipinski definition) is 2. The summed E-state index contributed by atoms with van der Waals surface area (Å²) in [6.07, 6.45) is 6.48. The van der Waals surface area contributed by atoms with E-state index in [1.807, 2.05) is 6.08 Å². The van der Waals surface area contributed by atoms with Crippen LogP contribution in [0.3, 0.4) is 0 Å². The molecule has 0 radical (unpaired) electrons. The summed E-state index contributed by atoms with van der Waals surface area (Å²) >= 11 is 0. The van der Waals surface area contributed by atoms with Gasteiger partial charge in [-0.05, 0) is 45.1 Å². The maximum atomic E-state index is 8.83. The third-order valence-corrected chi connectivity index (χ3v) is 2.48. The summed E-state index contributed by atoms with van der Waals surface area (Å²) < 4.78 is 0. The molecule has 0 aromatic rings. The van der Waals surface area contributed by atoms with Gasteiger partial charge in [0.15, 0.2) is 0 Å². The van der Waals surface area contributed by atoms with Crippen molar-refractivity contribution in [3.05, 3.63) is 12.7 Å². The number of rotatable bonds is 9. The SMILES string of the molecule is C=CCCC(C)NCCCC(C)CO. The van der Waals surface area contributed by atoms with Crippen LogP contribution in [0.25, 0.3) is 0 Å². The number of hydrogen-bond acceptors (Lipinski definition) is 2. The summed E-state index contributed by atoms with van der Waals surface area (Å²) in [6.45, 7) is 9.37. The molecule has 2 N–H and O–H groups in total. The van der Waals surface area contributed by atoms with Gasteiger partial charge in [0.05, 0.1) is 0 Å². The van der Waals surface area contributed by atoms with Crippen LogP contribution < -0.4 is 5.32 Å². The molecule has 0 aliphatic heterocycles. The molecule has 14 heavy (non-hydrogen) atoms. The summed E-state index contributed by atoms with van der Waals surface area (Å²) in [4.78, 5) is 0. The van der Waals surface area contributed by atoms with Gasteiger partial charge in [-0.1, -0.05) is 13.0 Å². The van der Waals surface area contributed by atoms with Crippen molar-refractivity contribution in [1.82, 2.24) is 5.32 Å². The summed E-state index contributed by atoms with van der Waals surface area (Å²) in [6, 6.07) is 0.581. The molecule has 0 spiro atoms. The molecule has 2 atom stereocenters. The molecule has 0 saturated heterocycles. The summed E-state index contributed by atoms with van der Waals surface area (Å²) in [5.74, 6) is 0.445. The Morgan fingerprint density at radius 3 is 2.64 bits per heavy atom. The third kappa shape index (κ3) is 8.27. The standard InChI is InChI=1S/C12H25NO/c1-4-5-8-12(3)13-9-6-7-11(2)10-14/h4,11-14H,1,5-10H2,2-3H3. The van der Waals surface area contributed by atoms with Crippen LogP contribution in [-0.2, 0) is 0 Å². The van der Waals surface area contributed by atoms with Crippen molar-refractivity contribution in [3.8, 4) is 0 Å². The zero-order valence-electron chi connectivity index (χ0n) is 9.63. The van der Waals surface area contributed by atoms with Gasteiger partial charge < -0.3 is 10.4 Å². The highest BCUT2D eigenvalue weighted by Crippen LogP contribution is 2.03. The smallest absolute Gasteiger partial charge is 0.0456 e. The molecule has 0 aromatic carbocycles. The van der Waals surface area contributed by atoms with Crippen molar-refractivity contribution in [2.24, 2.45) is 5.92 Å². The fraction of sp³-hybridized carbons (Fsp3) is 0.833. The molecule has 0 aromatic heterocycles. The molecule has 84 valence electrons. The van der Waals surface area contributed by atoms with Crippen molar-refractivity contribution < 1.29 is 5.11 Å². The van der Waals surface area contributed by atoms with Crippen molar-refractivity contribution in [2.45, 2.75) is 45.6 Å². The van der Waals surface area contributed by atoms with Gasteiger partial charge in [0.1, 0.15) is 0 Å². The van der Waals surface area contributed by atoms with E-state index in [2.05, 4.69) is 25.7 Å². The lowest BCUT2D eigenvalue weighted by molar-refractivity contribution is 0.227. The molecule has 0 amide bonds. The Labute approximate surface area is 88.4 Å². The first-order valence-corrected chi connectivity index (χ1v) is 5.65. The molecule has 2 nitrogen and oxygen atoms in total. The summed E-state index contributed by atoms with van der Waals surface area (Å²) in [5.41, 5.74) is 0. The topological polar surface area (TPSA) is 32.3 Å². The molecule has 0 aliphatic rings. The van der Waals surface area contributed by atoms with Crippen molar-refractivity contribution in [3.63, 3.8) is 0 Å². The first-order valence-electron chi connectivity index (χ1n) is 5.65. The zero-order valence-corrected chi connectivity index (χ0v) is 9.63. The maximum absolute atomic E-state index is 8.83. The average Bonchev–Trinajstić information content (AvgIpc) is 2.21. The van der Waals surface area contributed by atoms with E-state index in [9.17, 15) is 0 Å². The first-order chi connectivity index (χ1) is 6.70. The van der Waals surface area contributed by atoms with E-state index in [4.69, 9.17) is 5.11 Å². The average molecular weight is 199 g/mol. The second kappa shape index (κ2) is 9.22. The van der Waals surface area contributed by atoms with Gasteiger partial charge in [-0.15, -0.1) is 6.58 Å². The van der Waals surface area contributed by atoms with Gasteiger partial charge >= 0.3 is 0 Å². The van der Waals surface area contributed by atoms with E-state index in [0.29, 0.717) is 18.6 Å². The Morgan fingerprint density at radius 1 is 1.36 bits per heavy atom. The molecule has 2 heteroatoms. The van der Waals surface area contributed by atoms with Gasteiger partial charge in [0.25, 0.3) is 0 Å². The van der Waals surface area contributed by atoms with Crippen LogP contribution in [0.15, 0.2) is 12.7 Å². The van der Waals surface area contributed by atoms with E-state index in [-0.39, 0.29) is 0 Å². The molecule has 0 saturated carbocycles. The lowest BCUT2D eigenvalue weighted by atomic mass is 10.1. The molecule has 0 heterocycles. The molecular weight excluding hydrogens is 174 g/mol. The van der Waals surface area contributed by atoms with Crippen molar-refractivity contribution >= 4 is 0 Å². The number of aliphatic hydroxyl groups is 1. The fourth-order valence-electron chi connectivity index (χ4n) is 1.36. The number of aliphatic hydroxyl groups excluding tert-OH is 1. The Kier molecular flexibility index (Phi) is 9.00. The monoisotopic (exact) mass is 199 g/mol. The van der Waals surface area contributed by atoms with Crippen LogP contribution in [0.4, 0.5) is 0 Å². The highest BCUT2D eigenvalue weighted by atomic mass is 16.3. The van der Waals surface area contributed by atoms with Crippen molar-refractivity contribution in [2.75, 3.05) is 13.2 Å². The first kappa shape index (κ1) is 13.7. The third-order valence-electron chi connectivity index (χ3n) is 2.48. The van der Waals surface area contributed by atoms with Crippen LogP contribution in [-0.4, -0.2) is 24.3 Å². The van der Waals surface area contributed by atoms with E-state index in [1.54, 1.807) is 0 Å². The minimum absolute atomic E-state index is 0.312. The van der Waals surface area contributed by atoms with Crippen LogP contribution in [0.2, 0.25) is 0 Å². The van der Waals surface area contributed by atoms with Gasteiger partial charge in [-0.25, -0.2) is 0 Å². The molecule has 0 bridgehead atoms. The van der Waals surface area contributed by atoms with Gasteiger partial charge in [0, 0.05) is 12.6 Å². The maximum Gasteiger partial charge on any atom is 0.0456 e. The quantitative estimate of drug-likeness (QED) is 0.441. The lowest BCUT2D eigenvalue weighted by Crippen LogP contribution is -2.27. The summed E-state index contributed by atoms with van der Waals surface area (Å²) in [5, 5.41) is 12.3. The zero-order chi connectivity index (χ0) is 10.8. The Hall–Kier alpha value is -0.340. The van der Waals surface area contributed by atoms with Gasteiger partial charge in [0.2, 0.25) is 0 Å². The second-order valence-corrected chi connectivity index (χ2v) is 4.15. The Balaban J connectivity index is 3.22. The highest BCUT2D eigenvalue weighted by Gasteiger charge is 2.01. The lowest BCUT2D eigenvalue weighted by Gasteiger charge is -2.13. The minimum atomic E-state index is 0.312. The van der Waals surface area contributed by atoms with Crippen LogP contribution in [0.5, 0.6) is 0 Å². The number of nitrogens with one attached hydrogen (secondary N) is 1. The Morgan fingerprint density at radius 2 is 2.07 bits per heavy atom. The highest BCUT2D eigenvalue weighted by molar-refractivity contribution is 4.70. The van der Waals surface area contributed by atoms with Gasteiger partial charge in [-0.2, -0.15) is 0 Å². The van der Waals surface area contributed by atoms with Crippen LogP contribution >= 0.6 is 0 Å². The second-order valence-electron chi connectivity index (χ2n) is 4.15. The van der Waals surface area contributed by atoms with E-state index in [1.165, 1.54) is 6.42 Å².